The van der Waals surface area contributed by atoms with Gasteiger partial charge in [0.25, 0.3) is 5.91 Å². The van der Waals surface area contributed by atoms with Gasteiger partial charge in [-0.15, -0.1) is 0 Å². The van der Waals surface area contributed by atoms with E-state index in [0.29, 0.717) is 25.3 Å². The number of halogens is 1. The minimum absolute atomic E-state index is 0.0586. The fourth-order valence-corrected chi connectivity index (χ4v) is 4.23. The molecule has 2 aromatic carbocycles. The molecule has 1 aliphatic rings. The Bertz CT molecular complexity index is 1110. The second-order valence-electron chi connectivity index (χ2n) is 8.05. The topological polar surface area (TPSA) is 71.0 Å². The van der Waals surface area contributed by atoms with Gasteiger partial charge in [0.1, 0.15) is 11.6 Å². The van der Waals surface area contributed by atoms with Crippen LogP contribution < -0.4 is 5.69 Å². The monoisotopic (exact) mass is 408 g/mol. The van der Waals surface area contributed by atoms with E-state index in [1.807, 2.05) is 30.9 Å². The standard InChI is InChI=1S/C23H25FN4O2/c1-15-11-16(2)13-18(12-15)22(29)27-9-7-17(8-10-27)14-21-25-26-23(30)28(21)20-6-4-3-5-19(20)24/h3-6,11-13,17H,7-10,14H2,1-2H3,(H,26,30). The average molecular weight is 408 g/mol. The highest BCUT2D eigenvalue weighted by atomic mass is 19.1. The van der Waals surface area contributed by atoms with E-state index in [0.717, 1.165) is 29.5 Å². The fourth-order valence-electron chi connectivity index (χ4n) is 4.23. The highest BCUT2D eigenvalue weighted by Gasteiger charge is 2.26. The summed E-state index contributed by atoms with van der Waals surface area (Å²) >= 11 is 0. The molecule has 0 atom stereocenters. The van der Waals surface area contributed by atoms with E-state index in [9.17, 15) is 14.0 Å². The molecular formula is C23H25FN4O2. The summed E-state index contributed by atoms with van der Waals surface area (Å²) in [6.45, 7) is 5.31. The van der Waals surface area contributed by atoms with Gasteiger partial charge in [-0.3, -0.25) is 4.79 Å². The number of hydrogen-bond acceptors (Lipinski definition) is 3. The van der Waals surface area contributed by atoms with Gasteiger partial charge in [0, 0.05) is 25.1 Å². The first-order valence-corrected chi connectivity index (χ1v) is 10.2. The number of nitrogens with zero attached hydrogens (tertiary/aromatic N) is 3. The van der Waals surface area contributed by atoms with Gasteiger partial charge in [0.2, 0.25) is 0 Å². The summed E-state index contributed by atoms with van der Waals surface area (Å²) < 4.78 is 15.5. The van der Waals surface area contributed by atoms with Gasteiger partial charge in [0.15, 0.2) is 0 Å². The lowest BCUT2D eigenvalue weighted by atomic mass is 9.92. The number of carbonyl (C=O) groups excluding carboxylic acids is 1. The number of carbonyl (C=O) groups is 1. The zero-order chi connectivity index (χ0) is 21.3. The molecule has 0 spiro atoms. The van der Waals surface area contributed by atoms with Crippen molar-refractivity contribution in [2.75, 3.05) is 13.1 Å². The number of para-hydroxylation sites is 1. The van der Waals surface area contributed by atoms with Crippen molar-refractivity contribution >= 4 is 5.91 Å². The third-order valence-corrected chi connectivity index (χ3v) is 5.68. The molecule has 3 aromatic rings. The Labute approximate surface area is 174 Å². The Kier molecular flexibility index (Phi) is 5.53. The van der Waals surface area contributed by atoms with Crippen molar-refractivity contribution in [2.24, 2.45) is 5.92 Å². The first kappa shape index (κ1) is 20.1. The summed E-state index contributed by atoms with van der Waals surface area (Å²) in [7, 11) is 0. The molecule has 1 saturated heterocycles. The summed E-state index contributed by atoms with van der Waals surface area (Å²) in [4.78, 5) is 27.0. The molecule has 2 heterocycles. The molecule has 1 amide bonds. The third kappa shape index (κ3) is 4.06. The Morgan fingerprint density at radius 2 is 1.80 bits per heavy atom. The molecule has 1 fully saturated rings. The van der Waals surface area contributed by atoms with Crippen LogP contribution in [0.4, 0.5) is 4.39 Å². The zero-order valence-electron chi connectivity index (χ0n) is 17.2. The number of hydrogen-bond donors (Lipinski definition) is 1. The van der Waals surface area contributed by atoms with Crippen LogP contribution in [0.3, 0.4) is 0 Å². The maximum atomic E-state index is 14.2. The highest BCUT2D eigenvalue weighted by molar-refractivity contribution is 5.94. The third-order valence-electron chi connectivity index (χ3n) is 5.68. The molecule has 1 aromatic heterocycles. The van der Waals surface area contributed by atoms with Crippen LogP contribution in [0.2, 0.25) is 0 Å². The summed E-state index contributed by atoms with van der Waals surface area (Å²) in [5.74, 6) is 0.387. The van der Waals surface area contributed by atoms with Gasteiger partial charge >= 0.3 is 5.69 Å². The van der Waals surface area contributed by atoms with Crippen LogP contribution in [0.25, 0.3) is 5.69 Å². The van der Waals surface area contributed by atoms with Crippen LogP contribution in [-0.2, 0) is 6.42 Å². The lowest BCUT2D eigenvalue weighted by Gasteiger charge is -2.32. The van der Waals surface area contributed by atoms with Gasteiger partial charge in [-0.1, -0.05) is 29.3 Å². The predicted octanol–water partition coefficient (Wildman–Crippen LogP) is 3.41. The van der Waals surface area contributed by atoms with E-state index in [4.69, 9.17) is 0 Å². The minimum atomic E-state index is -0.462. The van der Waals surface area contributed by atoms with Crippen molar-refractivity contribution in [3.05, 3.63) is 81.3 Å². The van der Waals surface area contributed by atoms with Crippen molar-refractivity contribution in [1.82, 2.24) is 19.7 Å². The molecule has 30 heavy (non-hydrogen) atoms. The summed E-state index contributed by atoms with van der Waals surface area (Å²) in [5, 5.41) is 6.56. The molecule has 1 aliphatic heterocycles. The highest BCUT2D eigenvalue weighted by Crippen LogP contribution is 2.24. The van der Waals surface area contributed by atoms with E-state index >= 15 is 0 Å². The van der Waals surface area contributed by atoms with E-state index in [2.05, 4.69) is 16.3 Å². The number of aryl methyl sites for hydroxylation is 2. The number of H-pyrrole nitrogens is 1. The molecule has 7 heteroatoms. The lowest BCUT2D eigenvalue weighted by molar-refractivity contribution is 0.0689. The SMILES string of the molecule is Cc1cc(C)cc(C(=O)N2CCC(Cc3n[nH]c(=O)n3-c3ccccc3F)CC2)c1. The van der Waals surface area contributed by atoms with E-state index in [1.54, 1.807) is 18.2 Å². The lowest BCUT2D eigenvalue weighted by Crippen LogP contribution is -2.39. The number of aromatic amines is 1. The summed E-state index contributed by atoms with van der Waals surface area (Å²) in [6.07, 6.45) is 2.18. The van der Waals surface area contributed by atoms with E-state index < -0.39 is 11.5 Å². The fraction of sp³-hybridized carbons (Fsp3) is 0.348. The molecule has 0 saturated carbocycles. The Morgan fingerprint density at radius 1 is 1.13 bits per heavy atom. The maximum absolute atomic E-state index is 14.2. The molecular weight excluding hydrogens is 383 g/mol. The van der Waals surface area contributed by atoms with Gasteiger partial charge in [-0.05, 0) is 56.9 Å². The second-order valence-corrected chi connectivity index (χ2v) is 8.05. The van der Waals surface area contributed by atoms with Crippen molar-refractivity contribution in [3.8, 4) is 5.69 Å². The molecule has 0 unspecified atom stereocenters. The molecule has 4 rings (SSSR count). The van der Waals surface area contributed by atoms with Gasteiger partial charge < -0.3 is 4.90 Å². The van der Waals surface area contributed by atoms with Crippen LogP contribution in [0.15, 0.2) is 47.3 Å². The van der Waals surface area contributed by atoms with Crippen LogP contribution in [0.5, 0.6) is 0 Å². The Balaban J connectivity index is 1.44. The molecule has 0 bridgehead atoms. The van der Waals surface area contributed by atoms with E-state index in [-0.39, 0.29) is 17.5 Å². The van der Waals surface area contributed by atoms with Gasteiger partial charge in [-0.2, -0.15) is 5.10 Å². The van der Waals surface area contributed by atoms with Gasteiger partial charge in [0.05, 0.1) is 5.69 Å². The van der Waals surface area contributed by atoms with Crippen molar-refractivity contribution in [3.63, 3.8) is 0 Å². The largest absolute Gasteiger partial charge is 0.348 e. The second kappa shape index (κ2) is 8.26. The van der Waals surface area contributed by atoms with Crippen LogP contribution in [0, 0.1) is 25.6 Å². The Morgan fingerprint density at radius 3 is 2.47 bits per heavy atom. The smallest absolute Gasteiger partial charge is 0.339 e. The number of likely N-dealkylation sites (tertiary alicyclic amines) is 1. The molecule has 0 aliphatic carbocycles. The van der Waals surface area contributed by atoms with Crippen LogP contribution in [-0.4, -0.2) is 38.7 Å². The van der Waals surface area contributed by atoms with Crippen LogP contribution in [0.1, 0.15) is 40.2 Å². The minimum Gasteiger partial charge on any atom is -0.339 e. The number of aromatic nitrogens is 3. The number of rotatable bonds is 4. The summed E-state index contributed by atoms with van der Waals surface area (Å²) in [6, 6.07) is 12.1. The first-order chi connectivity index (χ1) is 14.4. The number of benzene rings is 2. The number of amides is 1. The predicted molar refractivity (Wildman–Crippen MR) is 112 cm³/mol. The zero-order valence-corrected chi connectivity index (χ0v) is 17.2. The number of piperidine rings is 1. The first-order valence-electron chi connectivity index (χ1n) is 10.2. The van der Waals surface area contributed by atoms with E-state index in [1.165, 1.54) is 10.6 Å². The summed E-state index contributed by atoms with van der Waals surface area (Å²) in [5.41, 5.74) is 2.65. The molecule has 156 valence electrons. The average Bonchev–Trinajstić information content (AvgIpc) is 3.07. The van der Waals surface area contributed by atoms with Gasteiger partial charge in [-0.25, -0.2) is 18.9 Å². The Hall–Kier alpha value is -3.22. The van der Waals surface area contributed by atoms with Crippen LogP contribution >= 0.6 is 0 Å². The quantitative estimate of drug-likeness (QED) is 0.719. The molecule has 6 nitrogen and oxygen atoms in total. The maximum Gasteiger partial charge on any atom is 0.348 e. The van der Waals surface area contributed by atoms with Crippen molar-refractivity contribution < 1.29 is 9.18 Å². The van der Waals surface area contributed by atoms with Crippen molar-refractivity contribution in [2.45, 2.75) is 33.1 Å². The number of nitrogens with one attached hydrogen (secondary N) is 1. The molecule has 1 N–H and O–H groups in total. The normalized spacial score (nSPS) is 14.8. The molecule has 0 radical (unpaired) electrons. The van der Waals surface area contributed by atoms with Crippen molar-refractivity contribution in [1.29, 1.82) is 0 Å².